The molecule has 0 unspecified atom stereocenters. The molecule has 1 fully saturated rings. The summed E-state index contributed by atoms with van der Waals surface area (Å²) < 4.78 is 3.99. The summed E-state index contributed by atoms with van der Waals surface area (Å²) in [5.74, 6) is 0.842. The van der Waals surface area contributed by atoms with Crippen molar-refractivity contribution in [3.05, 3.63) is 32.9 Å². The van der Waals surface area contributed by atoms with E-state index in [0.29, 0.717) is 6.04 Å². The molecule has 1 atom stereocenters. The third-order valence-corrected chi connectivity index (χ3v) is 7.16. The van der Waals surface area contributed by atoms with Gasteiger partial charge in [-0.05, 0) is 33.6 Å². The van der Waals surface area contributed by atoms with E-state index in [9.17, 15) is 4.79 Å². The molecular weight excluding hydrogens is 358 g/mol. The number of hydrogen-bond donors (Lipinski definition) is 1. The van der Waals surface area contributed by atoms with Crippen molar-refractivity contribution >= 4 is 22.6 Å². The molecular formula is C20H29N5OS. The van der Waals surface area contributed by atoms with Crippen molar-refractivity contribution in [2.75, 3.05) is 0 Å². The van der Waals surface area contributed by atoms with Crippen LogP contribution in [0.1, 0.15) is 85.7 Å². The standard InChI is InChI=1S/C20H29N5OS/c1-12-16(13(2)24(4)22-12)18-17-19(21-14(3)27-18)25(23-20(17)26)15-10-8-6-5-7-9-11-15/h15,18H,5-11H2,1-4H3,(H,23,26)/t18-/m1/s1. The molecule has 2 aromatic heterocycles. The van der Waals surface area contributed by atoms with Gasteiger partial charge >= 0.3 is 0 Å². The van der Waals surface area contributed by atoms with Crippen LogP contribution < -0.4 is 5.56 Å². The summed E-state index contributed by atoms with van der Waals surface area (Å²) in [6.45, 7) is 6.15. The van der Waals surface area contributed by atoms with Crippen LogP contribution in [0.4, 0.5) is 5.82 Å². The van der Waals surface area contributed by atoms with E-state index in [0.717, 1.165) is 46.2 Å². The number of fused-ring (bicyclic) bond motifs is 1. The van der Waals surface area contributed by atoms with Crippen molar-refractivity contribution in [1.29, 1.82) is 0 Å². The first-order valence-electron chi connectivity index (χ1n) is 10.0. The number of nitrogens with zero attached hydrogens (tertiary/aromatic N) is 4. The second-order valence-electron chi connectivity index (χ2n) is 7.88. The second-order valence-corrected chi connectivity index (χ2v) is 9.18. The predicted octanol–water partition coefficient (Wildman–Crippen LogP) is 4.70. The molecule has 1 aliphatic carbocycles. The van der Waals surface area contributed by atoms with Gasteiger partial charge in [0.25, 0.3) is 5.56 Å². The van der Waals surface area contributed by atoms with Crippen LogP contribution in [0, 0.1) is 13.8 Å². The van der Waals surface area contributed by atoms with E-state index in [-0.39, 0.29) is 10.8 Å². The average Bonchev–Trinajstić information content (AvgIpc) is 3.03. The SMILES string of the molecule is CC1=Nc2c(c(=O)[nH]n2C2CCCCCCC2)[C@@H](c2c(C)nn(C)c2C)S1. The van der Waals surface area contributed by atoms with Crippen LogP contribution in [0.3, 0.4) is 0 Å². The third-order valence-electron chi connectivity index (χ3n) is 6.02. The molecule has 3 heterocycles. The van der Waals surface area contributed by atoms with Crippen molar-refractivity contribution < 1.29 is 0 Å². The van der Waals surface area contributed by atoms with Gasteiger partial charge in [-0.1, -0.05) is 43.9 Å². The van der Waals surface area contributed by atoms with E-state index in [1.807, 2.05) is 25.6 Å². The smallest absolute Gasteiger partial charge is 0.271 e. The highest BCUT2D eigenvalue weighted by atomic mass is 32.2. The average molecular weight is 388 g/mol. The molecule has 0 spiro atoms. The van der Waals surface area contributed by atoms with E-state index in [2.05, 4.69) is 21.8 Å². The van der Waals surface area contributed by atoms with Gasteiger partial charge < -0.3 is 0 Å². The van der Waals surface area contributed by atoms with Crippen LogP contribution >= 0.6 is 11.8 Å². The van der Waals surface area contributed by atoms with E-state index in [4.69, 9.17) is 4.99 Å². The predicted molar refractivity (Wildman–Crippen MR) is 111 cm³/mol. The first kappa shape index (κ1) is 18.6. The number of hydrogen-bond acceptors (Lipinski definition) is 4. The molecule has 0 amide bonds. The monoisotopic (exact) mass is 387 g/mol. The Morgan fingerprint density at radius 3 is 2.33 bits per heavy atom. The Labute approximate surface area is 164 Å². The van der Waals surface area contributed by atoms with E-state index >= 15 is 0 Å². The Hall–Kier alpha value is -1.76. The largest absolute Gasteiger partial charge is 0.272 e. The van der Waals surface area contributed by atoms with E-state index in [1.54, 1.807) is 11.8 Å². The number of aromatic amines is 1. The molecule has 0 saturated heterocycles. The number of aromatic nitrogens is 4. The fraction of sp³-hybridized carbons (Fsp3) is 0.650. The summed E-state index contributed by atoms with van der Waals surface area (Å²) >= 11 is 1.67. The van der Waals surface area contributed by atoms with Gasteiger partial charge in [-0.2, -0.15) is 5.10 Å². The molecule has 4 rings (SSSR count). The van der Waals surface area contributed by atoms with Crippen LogP contribution in [0.5, 0.6) is 0 Å². The molecule has 7 heteroatoms. The Balaban J connectivity index is 1.81. The first-order chi connectivity index (χ1) is 13.0. The lowest BCUT2D eigenvalue weighted by Gasteiger charge is -2.25. The second kappa shape index (κ2) is 7.34. The highest BCUT2D eigenvalue weighted by Crippen LogP contribution is 2.46. The van der Waals surface area contributed by atoms with Gasteiger partial charge in [-0.15, -0.1) is 0 Å². The topological polar surface area (TPSA) is 68.0 Å². The van der Waals surface area contributed by atoms with Crippen LogP contribution in [0.2, 0.25) is 0 Å². The summed E-state index contributed by atoms with van der Waals surface area (Å²) in [6, 6.07) is 0.346. The third kappa shape index (κ3) is 3.30. The molecule has 2 aliphatic rings. The van der Waals surface area contributed by atoms with Gasteiger partial charge in [0.15, 0.2) is 5.82 Å². The Morgan fingerprint density at radius 2 is 1.70 bits per heavy atom. The quantitative estimate of drug-likeness (QED) is 0.812. The molecule has 1 N–H and O–H groups in total. The molecule has 27 heavy (non-hydrogen) atoms. The summed E-state index contributed by atoms with van der Waals surface area (Å²) in [7, 11) is 1.96. The lowest BCUT2D eigenvalue weighted by atomic mass is 9.96. The highest BCUT2D eigenvalue weighted by Gasteiger charge is 2.34. The van der Waals surface area contributed by atoms with Crippen LogP contribution in [-0.2, 0) is 7.05 Å². The number of thioether (sulfide) groups is 1. The molecule has 1 saturated carbocycles. The summed E-state index contributed by atoms with van der Waals surface area (Å²) in [4.78, 5) is 17.8. The lowest BCUT2D eigenvalue weighted by Crippen LogP contribution is -2.15. The molecule has 0 aromatic carbocycles. The number of nitrogens with one attached hydrogen (secondary N) is 1. The zero-order valence-corrected chi connectivity index (χ0v) is 17.5. The Kier molecular flexibility index (Phi) is 5.05. The number of H-pyrrole nitrogens is 1. The van der Waals surface area contributed by atoms with Gasteiger partial charge in [0, 0.05) is 18.3 Å². The van der Waals surface area contributed by atoms with Crippen LogP contribution in [0.25, 0.3) is 0 Å². The Bertz CT molecular complexity index is 927. The van der Waals surface area contributed by atoms with E-state index in [1.165, 1.54) is 32.1 Å². The minimum Gasteiger partial charge on any atom is -0.272 e. The van der Waals surface area contributed by atoms with Gasteiger partial charge in [-0.25, -0.2) is 4.99 Å². The molecule has 1 aliphatic heterocycles. The molecule has 0 bridgehead atoms. The molecule has 2 aromatic rings. The van der Waals surface area contributed by atoms with Crippen molar-refractivity contribution in [3.8, 4) is 0 Å². The molecule has 6 nitrogen and oxygen atoms in total. The van der Waals surface area contributed by atoms with E-state index < -0.39 is 0 Å². The van der Waals surface area contributed by atoms with Gasteiger partial charge in [0.1, 0.15) is 0 Å². The van der Waals surface area contributed by atoms with Gasteiger partial charge in [-0.3, -0.25) is 19.3 Å². The minimum absolute atomic E-state index is 0.00321. The lowest BCUT2D eigenvalue weighted by molar-refractivity contribution is 0.349. The van der Waals surface area contributed by atoms with Crippen LogP contribution in [-0.4, -0.2) is 24.6 Å². The fourth-order valence-corrected chi connectivity index (χ4v) is 5.81. The number of aryl methyl sites for hydroxylation is 2. The van der Waals surface area contributed by atoms with Crippen LogP contribution in [0.15, 0.2) is 9.79 Å². The maximum absolute atomic E-state index is 13.0. The van der Waals surface area contributed by atoms with Crippen molar-refractivity contribution in [1.82, 2.24) is 19.6 Å². The zero-order valence-electron chi connectivity index (χ0n) is 16.7. The van der Waals surface area contributed by atoms with Gasteiger partial charge in [0.05, 0.1) is 27.6 Å². The Morgan fingerprint density at radius 1 is 1.04 bits per heavy atom. The number of rotatable bonds is 2. The molecule has 146 valence electrons. The minimum atomic E-state index is -0.0373. The summed E-state index contributed by atoms with van der Waals surface area (Å²) in [5, 5.41) is 8.70. The first-order valence-corrected chi connectivity index (χ1v) is 10.9. The maximum Gasteiger partial charge on any atom is 0.271 e. The van der Waals surface area contributed by atoms with Crippen molar-refractivity contribution in [3.63, 3.8) is 0 Å². The fourth-order valence-electron chi connectivity index (χ4n) is 4.54. The highest BCUT2D eigenvalue weighted by molar-refractivity contribution is 8.14. The van der Waals surface area contributed by atoms with Gasteiger partial charge in [0.2, 0.25) is 0 Å². The zero-order chi connectivity index (χ0) is 19.1. The van der Waals surface area contributed by atoms with Crippen molar-refractivity contribution in [2.24, 2.45) is 12.0 Å². The van der Waals surface area contributed by atoms with Crippen molar-refractivity contribution in [2.45, 2.75) is 77.0 Å². The number of aliphatic imine (C=N–C) groups is 1. The normalized spacial score (nSPS) is 21.5. The molecule has 0 radical (unpaired) electrons. The summed E-state index contributed by atoms with van der Waals surface area (Å²) in [6.07, 6.45) is 8.60. The summed E-state index contributed by atoms with van der Waals surface area (Å²) in [5.41, 5.74) is 4.06. The maximum atomic E-state index is 13.0.